The van der Waals surface area contributed by atoms with Crippen molar-refractivity contribution in [2.45, 2.75) is 62.2 Å². The van der Waals surface area contributed by atoms with Crippen LogP contribution in [0.4, 0.5) is 0 Å². The first-order valence-corrected chi connectivity index (χ1v) is 9.09. The normalized spacial score (nSPS) is 23.3. The number of hydrogen-bond donors (Lipinski definition) is 0. The highest BCUT2D eigenvalue weighted by molar-refractivity contribution is 6.46. The van der Waals surface area contributed by atoms with Gasteiger partial charge in [-0.25, -0.2) is 0 Å². The Balaban J connectivity index is 2.38. The van der Waals surface area contributed by atoms with Crippen LogP contribution in [0, 0.1) is 0 Å². The SMILES string of the molecule is CC(Cl)CO[SiH](OCC(C)Cl)C1CCCCC1. The van der Waals surface area contributed by atoms with Crippen LogP contribution in [0.2, 0.25) is 5.54 Å². The predicted octanol–water partition coefficient (Wildman–Crippen LogP) is 3.83. The fourth-order valence-electron chi connectivity index (χ4n) is 2.18. The van der Waals surface area contributed by atoms with Gasteiger partial charge in [0.25, 0.3) is 0 Å². The lowest BCUT2D eigenvalue weighted by Gasteiger charge is -2.29. The molecule has 0 amide bonds. The maximum Gasteiger partial charge on any atom is 0.324 e. The molecule has 0 bridgehead atoms. The molecule has 1 rings (SSSR count). The molecule has 5 heteroatoms. The van der Waals surface area contributed by atoms with Crippen molar-refractivity contribution < 1.29 is 8.85 Å². The van der Waals surface area contributed by atoms with E-state index >= 15 is 0 Å². The van der Waals surface area contributed by atoms with Gasteiger partial charge in [-0.1, -0.05) is 19.3 Å². The summed E-state index contributed by atoms with van der Waals surface area (Å²) >= 11 is 11.9. The van der Waals surface area contributed by atoms with E-state index < -0.39 is 9.28 Å². The Kier molecular flexibility index (Phi) is 8.12. The molecule has 0 aromatic heterocycles. The van der Waals surface area contributed by atoms with Crippen molar-refractivity contribution in [2.75, 3.05) is 13.2 Å². The van der Waals surface area contributed by atoms with Crippen LogP contribution in [-0.4, -0.2) is 33.3 Å². The summed E-state index contributed by atoms with van der Waals surface area (Å²) in [5, 5.41) is 0.122. The first-order valence-electron chi connectivity index (χ1n) is 6.61. The van der Waals surface area contributed by atoms with Gasteiger partial charge in [0.1, 0.15) is 0 Å². The zero-order chi connectivity index (χ0) is 12.7. The van der Waals surface area contributed by atoms with E-state index in [1.165, 1.54) is 32.1 Å². The molecule has 0 heterocycles. The third kappa shape index (κ3) is 7.02. The van der Waals surface area contributed by atoms with E-state index in [1.54, 1.807) is 0 Å². The summed E-state index contributed by atoms with van der Waals surface area (Å²) in [5.74, 6) is 0. The Hall–Kier alpha value is 0.717. The van der Waals surface area contributed by atoms with E-state index in [-0.39, 0.29) is 10.8 Å². The van der Waals surface area contributed by atoms with Crippen molar-refractivity contribution in [3.63, 3.8) is 0 Å². The Morgan fingerprint density at radius 2 is 1.47 bits per heavy atom. The average molecular weight is 299 g/mol. The molecule has 17 heavy (non-hydrogen) atoms. The topological polar surface area (TPSA) is 18.5 Å². The largest absolute Gasteiger partial charge is 0.395 e. The smallest absolute Gasteiger partial charge is 0.324 e. The van der Waals surface area contributed by atoms with Crippen LogP contribution < -0.4 is 0 Å². The molecular formula is C12H24Cl2O2Si. The standard InChI is InChI=1S/C12H24Cl2O2Si/c1-10(13)8-15-17(16-9-11(2)14)12-6-4-3-5-7-12/h10-12,17H,3-9H2,1-2H3. The van der Waals surface area contributed by atoms with Crippen molar-refractivity contribution in [3.8, 4) is 0 Å². The summed E-state index contributed by atoms with van der Waals surface area (Å²) in [6, 6.07) is 0. The summed E-state index contributed by atoms with van der Waals surface area (Å²) in [7, 11) is -1.60. The fourth-order valence-corrected chi connectivity index (χ4v) is 5.18. The molecule has 1 aliphatic rings. The predicted molar refractivity (Wildman–Crippen MR) is 76.5 cm³/mol. The highest BCUT2D eigenvalue weighted by Crippen LogP contribution is 2.32. The van der Waals surface area contributed by atoms with E-state index in [0.29, 0.717) is 18.8 Å². The Labute approximate surface area is 117 Å². The minimum absolute atomic E-state index is 0.0608. The first-order chi connectivity index (χ1) is 8.09. The van der Waals surface area contributed by atoms with Crippen LogP contribution >= 0.6 is 23.2 Å². The first kappa shape index (κ1) is 15.8. The minimum Gasteiger partial charge on any atom is -0.395 e. The number of alkyl halides is 2. The highest BCUT2D eigenvalue weighted by Gasteiger charge is 2.28. The number of halogens is 2. The number of hydrogen-bond acceptors (Lipinski definition) is 2. The van der Waals surface area contributed by atoms with Gasteiger partial charge in [0.15, 0.2) is 0 Å². The summed E-state index contributed by atoms with van der Waals surface area (Å²) in [5.41, 5.74) is 0.648. The zero-order valence-electron chi connectivity index (χ0n) is 10.8. The average Bonchev–Trinajstić information content (AvgIpc) is 2.29. The Morgan fingerprint density at radius 1 is 1.00 bits per heavy atom. The zero-order valence-corrected chi connectivity index (χ0v) is 13.5. The van der Waals surface area contributed by atoms with E-state index in [0.717, 1.165) is 0 Å². The molecule has 1 aliphatic carbocycles. The Morgan fingerprint density at radius 3 is 1.88 bits per heavy atom. The lowest BCUT2D eigenvalue weighted by molar-refractivity contribution is 0.183. The molecule has 2 nitrogen and oxygen atoms in total. The fraction of sp³-hybridized carbons (Fsp3) is 1.00. The molecule has 2 unspecified atom stereocenters. The van der Waals surface area contributed by atoms with Gasteiger partial charge in [0, 0.05) is 0 Å². The van der Waals surface area contributed by atoms with Crippen molar-refractivity contribution in [1.29, 1.82) is 0 Å². The summed E-state index contributed by atoms with van der Waals surface area (Å²) < 4.78 is 11.8. The molecule has 102 valence electrons. The summed E-state index contributed by atoms with van der Waals surface area (Å²) in [4.78, 5) is 0. The molecular weight excluding hydrogens is 275 g/mol. The second kappa shape index (κ2) is 8.76. The van der Waals surface area contributed by atoms with E-state index in [4.69, 9.17) is 32.1 Å². The molecule has 1 saturated carbocycles. The van der Waals surface area contributed by atoms with Crippen LogP contribution in [0.3, 0.4) is 0 Å². The van der Waals surface area contributed by atoms with Crippen LogP contribution in [-0.2, 0) is 8.85 Å². The van der Waals surface area contributed by atoms with Gasteiger partial charge in [-0.15, -0.1) is 23.2 Å². The molecule has 0 N–H and O–H groups in total. The van der Waals surface area contributed by atoms with Gasteiger partial charge < -0.3 is 8.85 Å². The van der Waals surface area contributed by atoms with Crippen molar-refractivity contribution >= 4 is 32.5 Å². The second-order valence-corrected chi connectivity index (χ2v) is 8.83. The van der Waals surface area contributed by atoms with Gasteiger partial charge in [0.05, 0.1) is 24.0 Å². The summed E-state index contributed by atoms with van der Waals surface area (Å²) in [6.07, 6.45) is 6.49. The molecule has 0 saturated heterocycles. The lowest BCUT2D eigenvalue weighted by Crippen LogP contribution is -2.33. The van der Waals surface area contributed by atoms with Crippen LogP contribution in [0.25, 0.3) is 0 Å². The van der Waals surface area contributed by atoms with Crippen molar-refractivity contribution in [1.82, 2.24) is 0 Å². The van der Waals surface area contributed by atoms with Crippen LogP contribution in [0.15, 0.2) is 0 Å². The molecule has 0 spiro atoms. The van der Waals surface area contributed by atoms with Crippen molar-refractivity contribution in [3.05, 3.63) is 0 Å². The highest BCUT2D eigenvalue weighted by atomic mass is 35.5. The molecule has 0 aliphatic heterocycles. The van der Waals surface area contributed by atoms with E-state index in [2.05, 4.69) is 0 Å². The molecule has 2 atom stereocenters. The molecule has 0 aromatic rings. The maximum absolute atomic E-state index is 5.94. The van der Waals surface area contributed by atoms with Gasteiger partial charge in [0.2, 0.25) is 0 Å². The van der Waals surface area contributed by atoms with E-state index in [9.17, 15) is 0 Å². The third-order valence-corrected chi connectivity index (χ3v) is 5.75. The van der Waals surface area contributed by atoms with Gasteiger partial charge in [-0.2, -0.15) is 0 Å². The second-order valence-electron chi connectivity index (χ2n) is 4.99. The van der Waals surface area contributed by atoms with Crippen molar-refractivity contribution in [2.24, 2.45) is 0 Å². The lowest BCUT2D eigenvalue weighted by atomic mass is 10.0. The van der Waals surface area contributed by atoms with E-state index in [1.807, 2.05) is 13.8 Å². The summed E-state index contributed by atoms with van der Waals surface area (Å²) in [6.45, 7) is 5.12. The van der Waals surface area contributed by atoms with Gasteiger partial charge in [-0.3, -0.25) is 0 Å². The third-order valence-electron chi connectivity index (χ3n) is 3.02. The quantitative estimate of drug-likeness (QED) is 0.525. The monoisotopic (exact) mass is 298 g/mol. The van der Waals surface area contributed by atoms with Crippen LogP contribution in [0.1, 0.15) is 46.0 Å². The van der Waals surface area contributed by atoms with Crippen LogP contribution in [0.5, 0.6) is 0 Å². The number of rotatable bonds is 7. The molecule has 1 fully saturated rings. The molecule has 0 aromatic carbocycles. The van der Waals surface area contributed by atoms with Gasteiger partial charge in [-0.05, 0) is 32.2 Å². The minimum atomic E-state index is -1.60. The maximum atomic E-state index is 5.94. The van der Waals surface area contributed by atoms with Gasteiger partial charge >= 0.3 is 9.28 Å². The molecule has 0 radical (unpaired) electrons. The Bertz CT molecular complexity index is 185.